The molecule has 7 nitrogen and oxygen atoms in total. The van der Waals surface area contributed by atoms with E-state index in [1.54, 1.807) is 13.3 Å². The number of ether oxygens (including phenoxy) is 1. The molecule has 1 fully saturated rings. The van der Waals surface area contributed by atoms with Crippen molar-refractivity contribution >= 4 is 40.0 Å². The van der Waals surface area contributed by atoms with E-state index >= 15 is 0 Å². The van der Waals surface area contributed by atoms with E-state index in [1.165, 1.54) is 5.56 Å². The zero-order valence-corrected chi connectivity index (χ0v) is 22.9. The van der Waals surface area contributed by atoms with Crippen LogP contribution in [0.3, 0.4) is 0 Å². The molecule has 0 unspecified atom stereocenters. The van der Waals surface area contributed by atoms with E-state index in [9.17, 15) is 9.59 Å². The van der Waals surface area contributed by atoms with E-state index in [0.717, 1.165) is 40.8 Å². The summed E-state index contributed by atoms with van der Waals surface area (Å²) in [5, 5.41) is 4.46. The molecule has 0 atom stereocenters. The molecule has 0 saturated carbocycles. The summed E-state index contributed by atoms with van der Waals surface area (Å²) in [7, 11) is 1.60. The highest BCUT2D eigenvalue weighted by atomic mass is 35.5. The number of aromatic nitrogens is 2. The number of carbonyl (C=O) groups excluding carboxylic acids is 2. The van der Waals surface area contributed by atoms with Gasteiger partial charge in [0.25, 0.3) is 5.91 Å². The molecule has 0 bridgehead atoms. The Morgan fingerprint density at radius 1 is 1.08 bits per heavy atom. The maximum absolute atomic E-state index is 13.2. The standard InChI is InChI=1S/C31H31ClN4O3/c1-20-18-26(32)25-10-7-23(19-28(25)34-20)31(38)36-16-13-22(14-17-36)21-5-8-24(9-6-21)35-30(37)12-11-27-29(39-2)4-3-15-33-27/h3-10,15,18-19,22H,11-14,16-17H2,1-2H3,(H,35,37). The zero-order valence-electron chi connectivity index (χ0n) is 22.1. The number of aryl methyl sites for hydroxylation is 2. The number of anilines is 1. The number of carbonyl (C=O) groups is 2. The molecule has 3 heterocycles. The molecule has 4 aromatic rings. The predicted molar refractivity (Wildman–Crippen MR) is 154 cm³/mol. The Bertz CT molecular complexity index is 1500. The number of hydrogen-bond acceptors (Lipinski definition) is 5. The minimum Gasteiger partial charge on any atom is -0.495 e. The Kier molecular flexibility index (Phi) is 8.07. The summed E-state index contributed by atoms with van der Waals surface area (Å²) in [5.74, 6) is 1.02. The molecule has 0 aliphatic carbocycles. The quantitative estimate of drug-likeness (QED) is 0.301. The van der Waals surface area contributed by atoms with E-state index in [4.69, 9.17) is 16.3 Å². The summed E-state index contributed by atoms with van der Waals surface area (Å²) in [6.07, 6.45) is 4.31. The summed E-state index contributed by atoms with van der Waals surface area (Å²) in [6.45, 7) is 3.28. The Morgan fingerprint density at radius 2 is 1.85 bits per heavy atom. The summed E-state index contributed by atoms with van der Waals surface area (Å²) in [6, 6.07) is 19.1. The van der Waals surface area contributed by atoms with Gasteiger partial charge in [0.1, 0.15) is 5.75 Å². The molecule has 2 aromatic heterocycles. The van der Waals surface area contributed by atoms with Crippen molar-refractivity contribution in [1.29, 1.82) is 0 Å². The summed E-state index contributed by atoms with van der Waals surface area (Å²) in [5.41, 5.74) is 4.96. The molecule has 1 aliphatic rings. The van der Waals surface area contributed by atoms with Crippen molar-refractivity contribution in [2.75, 3.05) is 25.5 Å². The van der Waals surface area contributed by atoms with E-state index in [1.807, 2.05) is 60.4 Å². The molecule has 0 radical (unpaired) electrons. The Balaban J connectivity index is 1.14. The van der Waals surface area contributed by atoms with Gasteiger partial charge < -0.3 is 15.0 Å². The molecule has 39 heavy (non-hydrogen) atoms. The first-order valence-corrected chi connectivity index (χ1v) is 13.5. The van der Waals surface area contributed by atoms with Crippen LogP contribution in [0.2, 0.25) is 5.02 Å². The number of halogens is 1. The SMILES string of the molecule is COc1cccnc1CCC(=O)Nc1ccc(C2CCN(C(=O)c3ccc4c(Cl)cc(C)nc4c3)CC2)cc1. The maximum Gasteiger partial charge on any atom is 0.253 e. The number of amides is 2. The van der Waals surface area contributed by atoms with Gasteiger partial charge in [0.15, 0.2) is 0 Å². The minimum atomic E-state index is -0.0661. The zero-order chi connectivity index (χ0) is 27.4. The smallest absolute Gasteiger partial charge is 0.253 e. The van der Waals surface area contributed by atoms with Gasteiger partial charge in [-0.3, -0.25) is 19.6 Å². The molecule has 0 spiro atoms. The van der Waals surface area contributed by atoms with Gasteiger partial charge in [-0.1, -0.05) is 29.8 Å². The fourth-order valence-electron chi connectivity index (χ4n) is 5.13. The number of nitrogens with one attached hydrogen (secondary N) is 1. The van der Waals surface area contributed by atoms with Crippen molar-refractivity contribution < 1.29 is 14.3 Å². The molecule has 200 valence electrons. The van der Waals surface area contributed by atoms with Crippen LogP contribution in [0.15, 0.2) is 66.9 Å². The summed E-state index contributed by atoms with van der Waals surface area (Å²) < 4.78 is 5.31. The van der Waals surface area contributed by atoms with Crippen molar-refractivity contribution in [2.45, 2.75) is 38.5 Å². The van der Waals surface area contributed by atoms with Crippen LogP contribution < -0.4 is 10.1 Å². The van der Waals surface area contributed by atoms with E-state index < -0.39 is 0 Å². The molecule has 8 heteroatoms. The second-order valence-electron chi connectivity index (χ2n) is 9.87. The molecule has 1 N–H and O–H groups in total. The molecule has 1 saturated heterocycles. The lowest BCUT2D eigenvalue weighted by atomic mass is 9.89. The molecule has 5 rings (SSSR count). The van der Waals surface area contributed by atoms with E-state index in [-0.39, 0.29) is 11.8 Å². The van der Waals surface area contributed by atoms with Crippen LogP contribution in [0.4, 0.5) is 5.69 Å². The van der Waals surface area contributed by atoms with Crippen LogP contribution >= 0.6 is 11.6 Å². The average Bonchev–Trinajstić information content (AvgIpc) is 2.96. The molecular weight excluding hydrogens is 512 g/mol. The average molecular weight is 543 g/mol. The second kappa shape index (κ2) is 11.8. The highest BCUT2D eigenvalue weighted by Gasteiger charge is 2.25. The van der Waals surface area contributed by atoms with Gasteiger partial charge in [-0.25, -0.2) is 0 Å². The fraction of sp³-hybridized carbons (Fsp3) is 0.290. The number of benzene rings is 2. The third kappa shape index (κ3) is 6.20. The first-order valence-electron chi connectivity index (χ1n) is 13.1. The highest BCUT2D eigenvalue weighted by Crippen LogP contribution is 2.30. The van der Waals surface area contributed by atoms with Crippen molar-refractivity contribution in [3.63, 3.8) is 0 Å². The van der Waals surface area contributed by atoms with Crippen LogP contribution in [0.25, 0.3) is 10.9 Å². The van der Waals surface area contributed by atoms with Gasteiger partial charge in [-0.2, -0.15) is 0 Å². The monoisotopic (exact) mass is 542 g/mol. The maximum atomic E-state index is 13.2. The Labute approximate surface area is 233 Å². The van der Waals surface area contributed by atoms with Crippen LogP contribution in [0.5, 0.6) is 5.75 Å². The predicted octanol–water partition coefficient (Wildman–Crippen LogP) is 6.19. The number of piperidine rings is 1. The van der Waals surface area contributed by atoms with Crippen LogP contribution in [0.1, 0.15) is 52.5 Å². The van der Waals surface area contributed by atoms with Crippen LogP contribution in [-0.4, -0.2) is 46.9 Å². The summed E-state index contributed by atoms with van der Waals surface area (Å²) in [4.78, 5) is 36.4. The van der Waals surface area contributed by atoms with Gasteiger partial charge in [-0.05, 0) is 73.7 Å². The van der Waals surface area contributed by atoms with Crippen molar-refractivity contribution in [2.24, 2.45) is 0 Å². The first kappa shape index (κ1) is 26.6. The largest absolute Gasteiger partial charge is 0.495 e. The minimum absolute atomic E-state index is 0.0242. The Hall–Kier alpha value is -3.97. The number of fused-ring (bicyclic) bond motifs is 1. The highest BCUT2D eigenvalue weighted by molar-refractivity contribution is 6.35. The van der Waals surface area contributed by atoms with Gasteiger partial charge in [-0.15, -0.1) is 0 Å². The van der Waals surface area contributed by atoms with Crippen LogP contribution in [0, 0.1) is 6.92 Å². The van der Waals surface area contributed by atoms with Gasteiger partial charge in [0.05, 0.1) is 23.3 Å². The van der Waals surface area contributed by atoms with E-state index in [0.29, 0.717) is 48.2 Å². The number of nitrogens with zero attached hydrogens (tertiary/aromatic N) is 3. The molecular formula is C31H31ClN4O3. The number of hydrogen-bond donors (Lipinski definition) is 1. The normalized spacial score (nSPS) is 13.9. The van der Waals surface area contributed by atoms with Crippen molar-refractivity contribution in [3.8, 4) is 5.75 Å². The lowest BCUT2D eigenvalue weighted by molar-refractivity contribution is -0.116. The van der Waals surface area contributed by atoms with Crippen molar-refractivity contribution in [3.05, 3.63) is 94.4 Å². The lowest BCUT2D eigenvalue weighted by Gasteiger charge is -2.32. The third-order valence-electron chi connectivity index (χ3n) is 7.24. The van der Waals surface area contributed by atoms with Crippen LogP contribution in [-0.2, 0) is 11.2 Å². The molecule has 2 aromatic carbocycles. The Morgan fingerprint density at radius 3 is 2.59 bits per heavy atom. The number of methoxy groups -OCH3 is 1. The van der Waals surface area contributed by atoms with E-state index in [2.05, 4.69) is 27.4 Å². The lowest BCUT2D eigenvalue weighted by Crippen LogP contribution is -2.37. The fourth-order valence-corrected chi connectivity index (χ4v) is 5.45. The van der Waals surface area contributed by atoms with Crippen molar-refractivity contribution in [1.82, 2.24) is 14.9 Å². The summed E-state index contributed by atoms with van der Waals surface area (Å²) >= 11 is 6.34. The van der Waals surface area contributed by atoms with Gasteiger partial charge in [0, 0.05) is 54.5 Å². The first-order chi connectivity index (χ1) is 18.9. The number of likely N-dealkylation sites (tertiary alicyclic amines) is 1. The third-order valence-corrected chi connectivity index (χ3v) is 7.55. The van der Waals surface area contributed by atoms with Gasteiger partial charge >= 0.3 is 0 Å². The number of pyridine rings is 2. The molecule has 2 amide bonds. The topological polar surface area (TPSA) is 84.4 Å². The number of rotatable bonds is 7. The second-order valence-corrected chi connectivity index (χ2v) is 10.3. The van der Waals surface area contributed by atoms with Gasteiger partial charge in [0.2, 0.25) is 5.91 Å². The molecule has 1 aliphatic heterocycles.